The first-order valence-corrected chi connectivity index (χ1v) is 3.41. The molecule has 0 saturated carbocycles. The zero-order valence-corrected chi connectivity index (χ0v) is 6.81. The average Bonchev–Trinajstić information content (AvgIpc) is 2.29. The van der Waals surface area contributed by atoms with Crippen molar-refractivity contribution in [1.29, 1.82) is 5.26 Å². The van der Waals surface area contributed by atoms with Crippen molar-refractivity contribution in [3.63, 3.8) is 0 Å². The summed E-state index contributed by atoms with van der Waals surface area (Å²) in [5, 5.41) is 8.48. The second-order valence-corrected chi connectivity index (χ2v) is 2.66. The molecule has 0 amide bonds. The lowest BCUT2D eigenvalue weighted by atomic mass is 10.3. The Bertz CT molecular complexity index is 328. The first kappa shape index (κ1) is 8.72. The van der Waals surface area contributed by atoms with Crippen molar-refractivity contribution in [3.05, 3.63) is 23.5 Å². The van der Waals surface area contributed by atoms with Crippen molar-refractivity contribution in [2.24, 2.45) is 7.05 Å². The Morgan fingerprint density at radius 2 is 2.08 bits per heavy atom. The highest BCUT2D eigenvalue weighted by Gasteiger charge is 2.27. The molecule has 0 fully saturated rings. The lowest BCUT2D eigenvalue weighted by Gasteiger charge is -2.11. The third-order valence-corrected chi connectivity index (χ3v) is 1.69. The molecule has 0 radical (unpaired) electrons. The molecular formula is C8H8F2N2. The van der Waals surface area contributed by atoms with Crippen LogP contribution in [0.15, 0.2) is 12.1 Å². The van der Waals surface area contributed by atoms with Gasteiger partial charge < -0.3 is 4.57 Å². The van der Waals surface area contributed by atoms with Gasteiger partial charge in [0.25, 0.3) is 5.92 Å². The lowest BCUT2D eigenvalue weighted by molar-refractivity contribution is 0.00985. The summed E-state index contributed by atoms with van der Waals surface area (Å²) in [7, 11) is 1.45. The van der Waals surface area contributed by atoms with Crippen LogP contribution in [0.25, 0.3) is 0 Å². The topological polar surface area (TPSA) is 28.7 Å². The van der Waals surface area contributed by atoms with Gasteiger partial charge in [0.05, 0.1) is 5.69 Å². The molecule has 4 heteroatoms. The molecule has 0 N–H and O–H groups in total. The van der Waals surface area contributed by atoms with Crippen LogP contribution in [-0.2, 0) is 13.0 Å². The predicted molar refractivity (Wildman–Crippen MR) is 39.7 cm³/mol. The largest absolute Gasteiger partial charge is 0.334 e. The minimum atomic E-state index is -2.89. The summed E-state index contributed by atoms with van der Waals surface area (Å²) in [6, 6.07) is 4.46. The molecule has 1 heterocycles. The Labute approximate surface area is 69.0 Å². The number of hydrogen-bond donors (Lipinski definition) is 0. The van der Waals surface area contributed by atoms with E-state index in [9.17, 15) is 8.78 Å². The van der Waals surface area contributed by atoms with E-state index in [1.165, 1.54) is 23.7 Å². The van der Waals surface area contributed by atoms with Crippen LogP contribution in [0.3, 0.4) is 0 Å². The van der Waals surface area contributed by atoms with Gasteiger partial charge in [0.15, 0.2) is 0 Å². The van der Waals surface area contributed by atoms with Gasteiger partial charge in [0, 0.05) is 14.0 Å². The molecule has 0 bridgehead atoms. The molecule has 0 atom stereocenters. The zero-order chi connectivity index (χ0) is 9.35. The van der Waals surface area contributed by atoms with Crippen LogP contribution in [0.5, 0.6) is 0 Å². The van der Waals surface area contributed by atoms with E-state index in [4.69, 9.17) is 5.26 Å². The van der Waals surface area contributed by atoms with Crippen molar-refractivity contribution in [1.82, 2.24) is 4.57 Å². The smallest absolute Gasteiger partial charge is 0.285 e. The number of halogens is 2. The molecule has 0 saturated heterocycles. The van der Waals surface area contributed by atoms with Crippen LogP contribution in [0, 0.1) is 11.3 Å². The maximum Gasteiger partial charge on any atom is 0.285 e. The van der Waals surface area contributed by atoms with Gasteiger partial charge in [-0.3, -0.25) is 0 Å². The summed E-state index contributed by atoms with van der Waals surface area (Å²) in [5.74, 6) is -2.89. The lowest BCUT2D eigenvalue weighted by Crippen LogP contribution is -2.13. The highest BCUT2D eigenvalue weighted by Crippen LogP contribution is 2.27. The molecule has 64 valence electrons. The first-order chi connectivity index (χ1) is 5.46. The molecule has 1 rings (SSSR count). The van der Waals surface area contributed by atoms with Gasteiger partial charge in [-0.2, -0.15) is 5.26 Å². The van der Waals surface area contributed by atoms with E-state index < -0.39 is 5.92 Å². The van der Waals surface area contributed by atoms with Crippen molar-refractivity contribution >= 4 is 0 Å². The predicted octanol–water partition coefficient (Wildman–Crippen LogP) is 2.01. The summed E-state index contributed by atoms with van der Waals surface area (Å²) in [4.78, 5) is 0. The number of nitrogens with zero attached hydrogens (tertiary/aromatic N) is 2. The van der Waals surface area contributed by atoms with Crippen molar-refractivity contribution in [2.75, 3.05) is 0 Å². The van der Waals surface area contributed by atoms with E-state index in [0.717, 1.165) is 6.92 Å². The maximum absolute atomic E-state index is 12.7. The molecule has 1 aromatic heterocycles. The van der Waals surface area contributed by atoms with Crippen LogP contribution in [-0.4, -0.2) is 4.57 Å². The van der Waals surface area contributed by atoms with Gasteiger partial charge in [-0.05, 0) is 12.1 Å². The van der Waals surface area contributed by atoms with Gasteiger partial charge in [0.1, 0.15) is 11.8 Å². The summed E-state index contributed by atoms with van der Waals surface area (Å²) < 4.78 is 26.7. The standard InChI is InChI=1S/C8H8F2N2/c1-8(9,10)7-4-3-6(5-11)12(7)2/h3-4H,1-2H3. The van der Waals surface area contributed by atoms with E-state index in [-0.39, 0.29) is 11.4 Å². The first-order valence-electron chi connectivity index (χ1n) is 3.41. The molecule has 0 aliphatic carbocycles. The van der Waals surface area contributed by atoms with Gasteiger partial charge >= 0.3 is 0 Å². The summed E-state index contributed by atoms with van der Waals surface area (Å²) in [5.41, 5.74) is 0.102. The van der Waals surface area contributed by atoms with Crippen LogP contribution < -0.4 is 0 Å². The monoisotopic (exact) mass is 170 g/mol. The fourth-order valence-corrected chi connectivity index (χ4v) is 1.06. The van der Waals surface area contributed by atoms with Gasteiger partial charge in [-0.15, -0.1) is 0 Å². The minimum Gasteiger partial charge on any atom is -0.334 e. The van der Waals surface area contributed by atoms with Crippen LogP contribution in [0.4, 0.5) is 8.78 Å². The average molecular weight is 170 g/mol. The molecule has 0 aromatic carbocycles. The van der Waals surface area contributed by atoms with Gasteiger partial charge in [-0.1, -0.05) is 0 Å². The number of nitriles is 1. The molecule has 0 aliphatic heterocycles. The third-order valence-electron chi connectivity index (χ3n) is 1.69. The zero-order valence-electron chi connectivity index (χ0n) is 6.81. The van der Waals surface area contributed by atoms with Gasteiger partial charge in [0.2, 0.25) is 0 Å². The molecular weight excluding hydrogens is 162 g/mol. The Hall–Kier alpha value is -1.37. The highest BCUT2D eigenvalue weighted by molar-refractivity contribution is 5.28. The molecule has 12 heavy (non-hydrogen) atoms. The van der Waals surface area contributed by atoms with Crippen molar-refractivity contribution in [3.8, 4) is 6.07 Å². The fourth-order valence-electron chi connectivity index (χ4n) is 1.06. The third kappa shape index (κ3) is 1.30. The van der Waals surface area contributed by atoms with Gasteiger partial charge in [-0.25, -0.2) is 8.78 Å². The molecule has 0 spiro atoms. The SMILES string of the molecule is Cn1c(C#N)ccc1C(C)(F)F. The van der Waals surface area contributed by atoms with E-state index in [1.54, 1.807) is 0 Å². The summed E-state index contributed by atoms with van der Waals surface area (Å²) >= 11 is 0. The van der Waals surface area contributed by atoms with Crippen molar-refractivity contribution < 1.29 is 8.78 Å². The Morgan fingerprint density at radius 3 is 2.33 bits per heavy atom. The van der Waals surface area contributed by atoms with Crippen LogP contribution in [0.2, 0.25) is 0 Å². The Balaban J connectivity index is 3.22. The number of aromatic nitrogens is 1. The Kier molecular flexibility index (Phi) is 1.89. The minimum absolute atomic E-state index is 0.140. The van der Waals surface area contributed by atoms with E-state index in [2.05, 4.69) is 0 Å². The number of alkyl halides is 2. The number of hydrogen-bond acceptors (Lipinski definition) is 1. The molecule has 2 nitrogen and oxygen atoms in total. The molecule has 1 aromatic rings. The Morgan fingerprint density at radius 1 is 1.50 bits per heavy atom. The van der Waals surface area contributed by atoms with E-state index in [0.29, 0.717) is 0 Å². The van der Waals surface area contributed by atoms with Crippen LogP contribution in [0.1, 0.15) is 18.3 Å². The number of rotatable bonds is 1. The van der Waals surface area contributed by atoms with E-state index in [1.807, 2.05) is 6.07 Å². The molecule has 0 unspecified atom stereocenters. The summed E-state index contributed by atoms with van der Waals surface area (Å²) in [6.45, 7) is 0.809. The second kappa shape index (κ2) is 2.59. The normalized spacial score (nSPS) is 11.2. The van der Waals surface area contributed by atoms with E-state index >= 15 is 0 Å². The second-order valence-electron chi connectivity index (χ2n) is 2.66. The maximum atomic E-state index is 12.7. The summed E-state index contributed by atoms with van der Waals surface area (Å²) in [6.07, 6.45) is 0. The van der Waals surface area contributed by atoms with Crippen molar-refractivity contribution in [2.45, 2.75) is 12.8 Å². The van der Waals surface area contributed by atoms with Crippen LogP contribution >= 0.6 is 0 Å². The quantitative estimate of drug-likeness (QED) is 0.633. The fraction of sp³-hybridized carbons (Fsp3) is 0.375. The molecule has 0 aliphatic rings. The highest BCUT2D eigenvalue weighted by atomic mass is 19.3.